The molecule has 0 saturated carbocycles. The Morgan fingerprint density at radius 1 is 0.164 bits per heavy atom. The number of imidazole rings is 1. The predicted molar refractivity (Wildman–Crippen MR) is 590 cm³/mol. The molecule has 146 heavy (non-hydrogen) atoms. The molecule has 14 heterocycles. The molecule has 17 heteroatoms. The zero-order chi connectivity index (χ0) is 94.9. The van der Waals surface area contributed by atoms with Gasteiger partial charge in [0.15, 0.2) is 5.58 Å². The van der Waals surface area contributed by atoms with Gasteiger partial charge in [0.05, 0.1) is 71.4 Å². The summed E-state index contributed by atoms with van der Waals surface area (Å²) < 4.78 is 61.9. The lowest BCUT2D eigenvalue weighted by atomic mass is 9.96. The number of nitrogens with zero attached hydrogens (tertiary/aromatic N) is 9. The van der Waals surface area contributed by atoms with E-state index in [1.165, 1.54) is 0 Å². The average Bonchev–Trinajstić information content (AvgIpc) is 1.53. The Hall–Kier alpha value is -20.2. The Bertz CT molecular complexity index is 11900. The third-order valence-electron chi connectivity index (χ3n) is 29.9. The first-order chi connectivity index (χ1) is 72.5. The molecule has 0 unspecified atom stereocenters. The lowest BCUT2D eigenvalue weighted by Crippen LogP contribution is -2.05. The van der Waals surface area contributed by atoms with Crippen LogP contribution in [-0.2, 0) is 0 Å². The highest BCUT2D eigenvalue weighted by Gasteiger charge is 2.34. The third-order valence-corrected chi connectivity index (χ3v) is 29.9. The normalized spacial score (nSPS) is 12.4. The Morgan fingerprint density at radius 3 is 0.911 bits per heavy atom. The first kappa shape index (κ1) is 78.7. The van der Waals surface area contributed by atoms with Crippen molar-refractivity contribution in [2.75, 3.05) is 0 Å². The summed E-state index contributed by atoms with van der Waals surface area (Å²) in [6.45, 7) is 0. The van der Waals surface area contributed by atoms with Crippen LogP contribution in [-0.4, -0.2) is 43.2 Å². The first-order valence-electron chi connectivity index (χ1n) is 48.8. The van der Waals surface area contributed by atoms with Crippen molar-refractivity contribution in [3.05, 3.63) is 419 Å². The lowest BCUT2D eigenvalue weighted by Gasteiger charge is -2.14. The number of hydrogen-bond donors (Lipinski definition) is 0. The van der Waals surface area contributed by atoms with Crippen molar-refractivity contribution in [2.45, 2.75) is 0 Å². The van der Waals surface area contributed by atoms with Crippen LogP contribution in [0, 0.1) is 0 Å². The van der Waals surface area contributed by atoms with Crippen molar-refractivity contribution in [1.29, 1.82) is 0 Å². The molecule has 14 aromatic heterocycles. The van der Waals surface area contributed by atoms with E-state index in [0.717, 1.165) is 307 Å². The van der Waals surface area contributed by atoms with Crippen molar-refractivity contribution in [1.82, 2.24) is 43.2 Å². The molecule has 35 rings (SSSR count). The second-order valence-corrected chi connectivity index (χ2v) is 37.6. The van der Waals surface area contributed by atoms with Crippen molar-refractivity contribution in [3.8, 4) is 46.0 Å². The van der Waals surface area contributed by atoms with Crippen LogP contribution >= 0.6 is 0 Å². The van der Waals surface area contributed by atoms with Crippen LogP contribution < -0.4 is 0 Å². The Labute approximate surface area is 822 Å². The highest BCUT2D eigenvalue weighted by molar-refractivity contribution is 6.45. The molecule has 0 aliphatic carbocycles. The van der Waals surface area contributed by atoms with Gasteiger partial charge in [-0.2, -0.15) is 4.98 Å². The number of rotatable bonds is 6. The first-order valence-corrected chi connectivity index (χ1v) is 48.8. The second kappa shape index (κ2) is 29.7. The van der Waals surface area contributed by atoms with Gasteiger partial charge in [-0.05, 0) is 133 Å². The van der Waals surface area contributed by atoms with Gasteiger partial charge in [0.1, 0.15) is 89.4 Å². The summed E-state index contributed by atoms with van der Waals surface area (Å²) >= 11 is 0. The topological polar surface area (TPSA) is 189 Å². The minimum Gasteiger partial charge on any atom is -0.456 e. The van der Waals surface area contributed by atoms with E-state index in [-0.39, 0.29) is 0 Å². The molecule has 17 nitrogen and oxygen atoms in total. The smallest absolute Gasteiger partial charge is 0.238 e. The van der Waals surface area contributed by atoms with Gasteiger partial charge in [-0.1, -0.05) is 285 Å². The summed E-state index contributed by atoms with van der Waals surface area (Å²) in [5.74, 6) is 1.91. The van der Waals surface area contributed by atoms with Crippen molar-refractivity contribution in [3.63, 3.8) is 0 Å². The minimum atomic E-state index is 0.524. The monoisotopic (exact) mass is 1870 g/mol. The van der Waals surface area contributed by atoms with Gasteiger partial charge in [-0.25, -0.2) is 19.9 Å². The zero-order valence-electron chi connectivity index (χ0n) is 77.1. The summed E-state index contributed by atoms with van der Waals surface area (Å²) in [7, 11) is 0. The van der Waals surface area contributed by atoms with E-state index in [0.29, 0.717) is 23.2 Å². The predicted octanol–water partition coefficient (Wildman–Crippen LogP) is 35.3. The van der Waals surface area contributed by atoms with Crippen LogP contribution in [0.25, 0.3) is 331 Å². The maximum Gasteiger partial charge on any atom is 0.238 e. The molecular weight excluding hydrogens is 1800 g/mol. The SMILES string of the molecule is c1ccc(-c2nc(-n3c4ccccc4c4c5oc6ccccc6c5c5c(ccc6oc7ccccc7c65)c43)nc3c2oc2ccccc23)cc1.c1ccc(-c2nc(-n3c4ccccc4c4c5oc6ccccc6c5c5c(ccc6oc7ccccc7c65)c43)nc3oc4ccccc4c23)cc1.c1ccc(-n2c(-n3c4ccccc4c4c5oc6ccccc6c5c5c(ccc6oc7ccccc7c65)c43)nc3ccccc32)cc1. The van der Waals surface area contributed by atoms with Crippen molar-refractivity contribution >= 4 is 285 Å². The lowest BCUT2D eigenvalue weighted by molar-refractivity contribution is 0.651. The van der Waals surface area contributed by atoms with Crippen LogP contribution in [0.2, 0.25) is 0 Å². The average molecular weight is 1870 g/mol. The van der Waals surface area contributed by atoms with Gasteiger partial charge in [0.2, 0.25) is 23.6 Å². The van der Waals surface area contributed by atoms with Crippen LogP contribution in [0.4, 0.5) is 0 Å². The molecule has 0 aliphatic rings. The number of benzene rings is 21. The maximum absolute atomic E-state index is 6.88. The summed E-state index contributed by atoms with van der Waals surface area (Å²) in [5, 5.41) is 28.6. The number of fused-ring (bicyclic) bond motifs is 49. The van der Waals surface area contributed by atoms with E-state index in [4.69, 9.17) is 60.3 Å². The van der Waals surface area contributed by atoms with Crippen LogP contribution in [0.1, 0.15) is 0 Å². The summed E-state index contributed by atoms with van der Waals surface area (Å²) in [5.41, 5.74) is 26.3. The van der Waals surface area contributed by atoms with E-state index in [2.05, 4.69) is 297 Å². The largest absolute Gasteiger partial charge is 0.456 e. The fraction of sp³-hybridized carbons (Fsp3) is 0. The van der Waals surface area contributed by atoms with E-state index >= 15 is 0 Å². The molecule has 21 aromatic carbocycles. The molecule has 35 aromatic rings. The van der Waals surface area contributed by atoms with Gasteiger partial charge in [0.25, 0.3) is 0 Å². The van der Waals surface area contributed by atoms with Gasteiger partial charge in [0, 0.05) is 141 Å². The van der Waals surface area contributed by atoms with E-state index in [1.807, 2.05) is 140 Å². The number of furan rings is 8. The standard InChI is InChI=1S/2C44H23N3O3.C41H23N3O2/c1-2-12-24(13-3-1)40-38-28-17-7-11-21-33(28)50-43(38)46-44(45-40)47-30-18-8-4-14-25(30)39-41(47)29-22-23-34-35(26-15-5-9-19-31(26)48-34)36(29)37-27-16-6-10-20-32(27)49-42(37)39;1-2-12-24(13-3-1)39-43-40(28-17-7-11-21-33(28)50-43)46-44(45-39)47-30-18-8-4-14-25(30)38-41(47)29-22-23-34-35(26-15-5-9-19-31(26)48-34)36(29)37-27-16-6-10-20-32(27)49-42(37)38;1-2-12-24(13-3-1)43-31-19-9-7-17-29(31)42-41(43)44-30-18-8-4-14-25(30)38-39(44)28-22-23-34-35(26-15-5-10-20-32(26)45-34)36(28)37-27-16-6-11-21-33(27)46-40(37)38/h2*1-23H;1-23H. The highest BCUT2D eigenvalue weighted by atomic mass is 16.4. The number of hydrogen-bond acceptors (Lipinski definition) is 13. The molecule has 0 bridgehead atoms. The highest BCUT2D eigenvalue weighted by Crippen LogP contribution is 2.56. The Balaban J connectivity index is 0.0000000958. The second-order valence-electron chi connectivity index (χ2n) is 37.6. The van der Waals surface area contributed by atoms with E-state index in [9.17, 15) is 0 Å². The van der Waals surface area contributed by atoms with E-state index < -0.39 is 0 Å². The summed E-state index contributed by atoms with van der Waals surface area (Å²) in [6.07, 6.45) is 0. The van der Waals surface area contributed by atoms with Crippen molar-refractivity contribution < 1.29 is 35.3 Å². The van der Waals surface area contributed by atoms with Gasteiger partial charge < -0.3 is 35.3 Å². The molecule has 0 saturated heterocycles. The molecular formula is C129H69N9O8. The van der Waals surface area contributed by atoms with Gasteiger partial charge in [-0.3, -0.25) is 18.3 Å². The molecule has 0 aliphatic heterocycles. The molecule has 0 N–H and O–H groups in total. The number of para-hydroxylation sites is 14. The Kier molecular flexibility index (Phi) is 16.0. The molecule has 678 valence electrons. The fourth-order valence-electron chi connectivity index (χ4n) is 24.0. The van der Waals surface area contributed by atoms with Crippen LogP contribution in [0.15, 0.2) is 454 Å². The number of aromatic nitrogens is 9. The molecule has 0 amide bonds. The Morgan fingerprint density at radius 2 is 0.473 bits per heavy atom. The quantitative estimate of drug-likeness (QED) is 0.153. The summed E-state index contributed by atoms with van der Waals surface area (Å²) in [4.78, 5) is 26.6. The molecule has 0 atom stereocenters. The fourth-order valence-corrected chi connectivity index (χ4v) is 24.0. The third kappa shape index (κ3) is 10.9. The van der Waals surface area contributed by atoms with Gasteiger partial charge >= 0.3 is 0 Å². The van der Waals surface area contributed by atoms with E-state index in [1.54, 1.807) is 0 Å². The summed E-state index contributed by atoms with van der Waals surface area (Å²) in [6, 6.07) is 144. The maximum atomic E-state index is 6.88. The van der Waals surface area contributed by atoms with Gasteiger partial charge in [-0.15, -0.1) is 0 Å². The van der Waals surface area contributed by atoms with Crippen LogP contribution in [0.3, 0.4) is 0 Å². The van der Waals surface area contributed by atoms with Crippen molar-refractivity contribution in [2.24, 2.45) is 0 Å². The zero-order valence-corrected chi connectivity index (χ0v) is 77.1. The minimum absolute atomic E-state index is 0.524. The van der Waals surface area contributed by atoms with Crippen LogP contribution in [0.5, 0.6) is 0 Å². The molecule has 0 radical (unpaired) electrons. The molecule has 0 fully saturated rings. The molecule has 0 spiro atoms.